The Bertz CT molecular complexity index is 396. The van der Waals surface area contributed by atoms with Crippen LogP contribution >= 0.6 is 11.8 Å². The molecule has 1 amide bonds. The topological polar surface area (TPSA) is 55.1 Å². The van der Waals surface area contributed by atoms with Gasteiger partial charge in [-0.15, -0.1) is 11.8 Å². The van der Waals surface area contributed by atoms with Crippen LogP contribution in [-0.4, -0.2) is 18.2 Å². The van der Waals surface area contributed by atoms with E-state index in [1.807, 2.05) is 6.92 Å². The zero-order valence-corrected chi connectivity index (χ0v) is 10.8. The van der Waals surface area contributed by atoms with Crippen molar-refractivity contribution in [3.8, 4) is 0 Å². The van der Waals surface area contributed by atoms with Gasteiger partial charge in [-0.05, 0) is 25.5 Å². The Balaban J connectivity index is 2.79. The van der Waals surface area contributed by atoms with Crippen molar-refractivity contribution in [1.82, 2.24) is 5.32 Å². The molecule has 0 heterocycles. The summed E-state index contributed by atoms with van der Waals surface area (Å²) in [6.07, 6.45) is 0. The van der Waals surface area contributed by atoms with Gasteiger partial charge in [0.15, 0.2) is 0 Å². The van der Waals surface area contributed by atoms with Gasteiger partial charge in [-0.3, -0.25) is 4.79 Å². The third kappa shape index (κ3) is 4.02. The molecule has 94 valence electrons. The highest BCUT2D eigenvalue weighted by atomic mass is 32.2. The van der Waals surface area contributed by atoms with Crippen molar-refractivity contribution in [2.45, 2.75) is 24.8 Å². The average Bonchev–Trinajstić information content (AvgIpc) is 2.27. The van der Waals surface area contributed by atoms with E-state index >= 15 is 0 Å². The molecule has 0 aromatic heterocycles. The lowest BCUT2D eigenvalue weighted by molar-refractivity contribution is -0.118. The van der Waals surface area contributed by atoms with E-state index in [1.165, 1.54) is 17.8 Å². The van der Waals surface area contributed by atoms with Gasteiger partial charge in [-0.25, -0.2) is 4.39 Å². The molecule has 1 atom stereocenters. The predicted octanol–water partition coefficient (Wildman–Crippen LogP) is 2.07. The number of hydrogen-bond acceptors (Lipinski definition) is 3. The van der Waals surface area contributed by atoms with Crippen molar-refractivity contribution in [3.63, 3.8) is 0 Å². The quantitative estimate of drug-likeness (QED) is 0.793. The predicted molar refractivity (Wildman–Crippen MR) is 68.4 cm³/mol. The van der Waals surface area contributed by atoms with Gasteiger partial charge in [0.2, 0.25) is 5.91 Å². The van der Waals surface area contributed by atoms with Crippen LogP contribution in [0.4, 0.5) is 4.39 Å². The summed E-state index contributed by atoms with van der Waals surface area (Å²) in [7, 11) is 0. The highest BCUT2D eigenvalue weighted by molar-refractivity contribution is 8.00. The normalized spacial score (nSPS) is 12.2. The Morgan fingerprint density at radius 2 is 2.29 bits per heavy atom. The first-order chi connectivity index (χ1) is 8.06. The Kier molecular flexibility index (Phi) is 5.44. The maximum Gasteiger partial charge on any atom is 0.230 e. The van der Waals surface area contributed by atoms with Gasteiger partial charge in [0.1, 0.15) is 5.82 Å². The second-order valence-electron chi connectivity index (χ2n) is 3.69. The van der Waals surface area contributed by atoms with Gasteiger partial charge in [-0.2, -0.15) is 0 Å². The highest BCUT2D eigenvalue weighted by Crippen LogP contribution is 2.29. The second kappa shape index (κ2) is 6.61. The van der Waals surface area contributed by atoms with Gasteiger partial charge >= 0.3 is 0 Å². The number of nitrogens with two attached hydrogens (primary N) is 1. The number of halogens is 1. The van der Waals surface area contributed by atoms with Gasteiger partial charge < -0.3 is 11.1 Å². The second-order valence-corrected chi connectivity index (χ2v) is 4.67. The third-order valence-electron chi connectivity index (χ3n) is 2.21. The molecule has 3 N–H and O–H groups in total. The molecule has 0 aliphatic heterocycles. The van der Waals surface area contributed by atoms with E-state index in [9.17, 15) is 9.18 Å². The lowest BCUT2D eigenvalue weighted by Crippen LogP contribution is -2.24. The van der Waals surface area contributed by atoms with Crippen LogP contribution in [0.2, 0.25) is 0 Å². The highest BCUT2D eigenvalue weighted by Gasteiger charge is 2.13. The van der Waals surface area contributed by atoms with Crippen molar-refractivity contribution in [2.75, 3.05) is 12.3 Å². The van der Waals surface area contributed by atoms with Crippen LogP contribution < -0.4 is 11.1 Å². The van der Waals surface area contributed by atoms with Gasteiger partial charge in [0.25, 0.3) is 0 Å². The van der Waals surface area contributed by atoms with E-state index in [-0.39, 0.29) is 23.5 Å². The Morgan fingerprint density at radius 3 is 2.88 bits per heavy atom. The molecular weight excluding hydrogens is 239 g/mol. The number of thioether (sulfide) groups is 1. The standard InChI is InChI=1S/C12H17FN2OS/c1-3-15-11(16)7-17-12-9(8(2)14)5-4-6-10(12)13/h4-6,8H,3,7,14H2,1-2H3,(H,15,16). The Morgan fingerprint density at radius 1 is 1.59 bits per heavy atom. The minimum Gasteiger partial charge on any atom is -0.356 e. The van der Waals surface area contributed by atoms with E-state index in [2.05, 4.69) is 5.32 Å². The summed E-state index contributed by atoms with van der Waals surface area (Å²) in [5.74, 6) is -0.223. The first kappa shape index (κ1) is 14.0. The molecule has 0 bridgehead atoms. The summed E-state index contributed by atoms with van der Waals surface area (Å²) < 4.78 is 13.6. The lowest BCUT2D eigenvalue weighted by Gasteiger charge is -2.12. The molecule has 0 saturated carbocycles. The summed E-state index contributed by atoms with van der Waals surface area (Å²) in [6, 6.07) is 4.55. The van der Waals surface area contributed by atoms with Gasteiger partial charge in [0, 0.05) is 17.5 Å². The first-order valence-corrected chi connectivity index (χ1v) is 6.48. The molecule has 1 rings (SSSR count). The minimum atomic E-state index is -0.325. The molecule has 5 heteroatoms. The molecule has 0 aliphatic carbocycles. The molecule has 1 aromatic rings. The first-order valence-electron chi connectivity index (χ1n) is 5.49. The van der Waals surface area contributed by atoms with Gasteiger partial charge in [-0.1, -0.05) is 12.1 Å². The summed E-state index contributed by atoms with van der Waals surface area (Å²) >= 11 is 1.18. The van der Waals surface area contributed by atoms with Crippen LogP contribution in [0.5, 0.6) is 0 Å². The minimum absolute atomic E-state index is 0.101. The summed E-state index contributed by atoms with van der Waals surface area (Å²) in [4.78, 5) is 11.8. The largest absolute Gasteiger partial charge is 0.356 e. The van der Waals surface area contributed by atoms with E-state index < -0.39 is 0 Å². The maximum atomic E-state index is 13.6. The van der Waals surface area contributed by atoms with E-state index in [0.717, 1.165) is 5.56 Å². The van der Waals surface area contributed by atoms with Gasteiger partial charge in [0.05, 0.1) is 5.75 Å². The lowest BCUT2D eigenvalue weighted by atomic mass is 10.1. The summed E-state index contributed by atoms with van der Waals surface area (Å²) in [5.41, 5.74) is 6.50. The van der Waals surface area contributed by atoms with Crippen LogP contribution in [0.1, 0.15) is 25.5 Å². The van der Waals surface area contributed by atoms with E-state index in [4.69, 9.17) is 5.73 Å². The molecule has 3 nitrogen and oxygen atoms in total. The van der Waals surface area contributed by atoms with Crippen molar-refractivity contribution in [3.05, 3.63) is 29.6 Å². The zero-order chi connectivity index (χ0) is 12.8. The number of nitrogens with one attached hydrogen (secondary N) is 1. The van der Waals surface area contributed by atoms with Crippen LogP contribution in [-0.2, 0) is 4.79 Å². The molecular formula is C12H17FN2OS. The SMILES string of the molecule is CCNC(=O)CSc1c(F)cccc1C(C)N. The fourth-order valence-corrected chi connectivity index (χ4v) is 2.43. The number of carbonyl (C=O) groups is 1. The molecule has 0 saturated heterocycles. The molecule has 0 fully saturated rings. The molecule has 1 aromatic carbocycles. The summed E-state index contributed by atoms with van der Waals surface area (Å²) in [6.45, 7) is 4.22. The van der Waals surface area contributed by atoms with E-state index in [0.29, 0.717) is 11.4 Å². The number of amides is 1. The Labute approximate surface area is 105 Å². The van der Waals surface area contributed by atoms with E-state index in [1.54, 1.807) is 19.1 Å². The molecule has 17 heavy (non-hydrogen) atoms. The number of rotatable bonds is 5. The van der Waals surface area contributed by atoms with Crippen molar-refractivity contribution in [2.24, 2.45) is 5.73 Å². The van der Waals surface area contributed by atoms with Crippen LogP contribution in [0.3, 0.4) is 0 Å². The van der Waals surface area contributed by atoms with Crippen molar-refractivity contribution >= 4 is 17.7 Å². The molecule has 1 unspecified atom stereocenters. The van der Waals surface area contributed by atoms with Crippen LogP contribution in [0.15, 0.2) is 23.1 Å². The summed E-state index contributed by atoms with van der Waals surface area (Å²) in [5, 5.41) is 2.67. The average molecular weight is 256 g/mol. The van der Waals surface area contributed by atoms with Crippen molar-refractivity contribution < 1.29 is 9.18 Å². The number of hydrogen-bond donors (Lipinski definition) is 2. The molecule has 0 radical (unpaired) electrons. The third-order valence-corrected chi connectivity index (χ3v) is 3.34. The van der Waals surface area contributed by atoms with Crippen LogP contribution in [0.25, 0.3) is 0 Å². The maximum absolute atomic E-state index is 13.6. The van der Waals surface area contributed by atoms with Crippen molar-refractivity contribution in [1.29, 1.82) is 0 Å². The Hall–Kier alpha value is -1.07. The number of benzene rings is 1. The fraction of sp³-hybridized carbons (Fsp3) is 0.417. The number of carbonyl (C=O) groups excluding carboxylic acids is 1. The zero-order valence-electron chi connectivity index (χ0n) is 10.00. The van der Waals surface area contributed by atoms with Crippen LogP contribution in [0, 0.1) is 5.82 Å². The monoisotopic (exact) mass is 256 g/mol. The molecule has 0 aliphatic rings. The fourth-order valence-electron chi connectivity index (χ4n) is 1.42. The molecule has 0 spiro atoms. The smallest absolute Gasteiger partial charge is 0.230 e.